The Morgan fingerprint density at radius 2 is 1.08 bits per heavy atom. The molecular weight excluding hydrogens is 803 g/mol. The Bertz CT molecular complexity index is 3700. The molecule has 10 aromatic rings. The maximum Gasteiger partial charge on any atom is 0.0550 e. The van der Waals surface area contributed by atoms with Crippen molar-refractivity contribution in [3.63, 3.8) is 0 Å². The summed E-state index contributed by atoms with van der Waals surface area (Å²) in [5.74, 6) is 0.456. The van der Waals surface area contributed by atoms with E-state index < -0.39 is 0 Å². The molecule has 2 heteroatoms. The number of aromatic nitrogens is 1. The summed E-state index contributed by atoms with van der Waals surface area (Å²) in [6.45, 7) is 2.19. The number of hydrogen-bond acceptors (Lipinski definition) is 0. The molecule has 1 aromatic heterocycles. The fraction of sp³-hybridized carbons (Fsp3) is 0.0635. The van der Waals surface area contributed by atoms with Crippen LogP contribution in [0, 0.1) is 6.92 Å². The largest absolute Gasteiger partial charge is 0.309 e. The van der Waals surface area contributed by atoms with Gasteiger partial charge in [0.15, 0.2) is 0 Å². The summed E-state index contributed by atoms with van der Waals surface area (Å²) in [5.41, 5.74) is 24.9. The van der Waals surface area contributed by atoms with E-state index in [0.717, 1.165) is 6.42 Å². The number of fused-ring (bicyclic) bond motifs is 9. The second-order valence-electron chi connectivity index (χ2n) is 17.9. The lowest BCUT2D eigenvalue weighted by Gasteiger charge is -2.18. The van der Waals surface area contributed by atoms with E-state index in [1.807, 2.05) is 0 Å². The minimum absolute atomic E-state index is 0.202. The van der Waals surface area contributed by atoms with Gasteiger partial charge in [0, 0.05) is 28.1 Å². The first-order chi connectivity index (χ1) is 32.1. The highest BCUT2D eigenvalue weighted by molar-refractivity contribution is 8.05. The van der Waals surface area contributed by atoms with Crippen LogP contribution in [0.4, 0.5) is 0 Å². The molecule has 0 N–H and O–H groups in total. The van der Waals surface area contributed by atoms with Crippen LogP contribution in [0.25, 0.3) is 83.7 Å². The summed E-state index contributed by atoms with van der Waals surface area (Å²) in [6, 6.07) is 77.5. The van der Waals surface area contributed by atoms with Gasteiger partial charge in [0.1, 0.15) is 0 Å². The average Bonchev–Trinajstić information content (AvgIpc) is 3.99. The van der Waals surface area contributed by atoms with E-state index in [9.17, 15) is 0 Å². The van der Waals surface area contributed by atoms with Gasteiger partial charge in [0.25, 0.3) is 0 Å². The van der Waals surface area contributed by atoms with Crippen molar-refractivity contribution >= 4 is 39.1 Å². The van der Waals surface area contributed by atoms with E-state index in [1.165, 1.54) is 133 Å². The van der Waals surface area contributed by atoms with Gasteiger partial charge in [0.2, 0.25) is 0 Å². The van der Waals surface area contributed by atoms with Crippen LogP contribution in [0.1, 0.15) is 50.8 Å². The molecule has 0 bridgehead atoms. The predicted octanol–water partition coefficient (Wildman–Crippen LogP) is 14.3. The zero-order valence-electron chi connectivity index (χ0n) is 36.1. The smallest absolute Gasteiger partial charge is 0.0550 e. The molecule has 0 saturated heterocycles. The molecule has 2 atom stereocenters. The van der Waals surface area contributed by atoms with E-state index >= 15 is 0 Å². The maximum absolute atomic E-state index is 2.46. The van der Waals surface area contributed by atoms with E-state index in [-0.39, 0.29) is 11.8 Å². The van der Waals surface area contributed by atoms with Gasteiger partial charge in [-0.25, -0.2) is 0 Å². The molecule has 9 aromatic carbocycles. The summed E-state index contributed by atoms with van der Waals surface area (Å²) >= 11 is 1.23. The first-order valence-corrected chi connectivity index (χ1v) is 23.8. The monoisotopic (exact) mass is 847 g/mol. The molecule has 65 heavy (non-hydrogen) atoms. The number of benzene rings is 9. The highest BCUT2D eigenvalue weighted by atomic mass is 32.1. The molecule has 0 saturated carbocycles. The SMILES string of the molecule is Cc1ccc2c(c1)c1c(n2-c2cccc(-c3ccc4c(c3)-c3ccccc3C4Cc3ccccc3-c3ccc4c(c3)-c3ccccc3C4c3ccc(-c4ccccc4)cc3)c2)=CC=[SH]C=1. The topological polar surface area (TPSA) is 4.93 Å². The number of rotatable bonds is 7. The molecule has 2 heterocycles. The first kappa shape index (κ1) is 38.0. The highest BCUT2D eigenvalue weighted by Gasteiger charge is 2.32. The number of hydrogen-bond donors (Lipinski definition) is 1. The Kier molecular flexibility index (Phi) is 8.96. The van der Waals surface area contributed by atoms with Gasteiger partial charge < -0.3 is 4.57 Å². The van der Waals surface area contributed by atoms with Gasteiger partial charge in [-0.05, 0) is 156 Å². The van der Waals surface area contributed by atoms with Gasteiger partial charge in [-0.3, -0.25) is 0 Å². The third-order valence-electron chi connectivity index (χ3n) is 14.2. The van der Waals surface area contributed by atoms with Crippen molar-refractivity contribution in [1.29, 1.82) is 0 Å². The minimum atomic E-state index is 0.202. The van der Waals surface area contributed by atoms with Crippen molar-refractivity contribution in [2.24, 2.45) is 0 Å². The van der Waals surface area contributed by atoms with Crippen molar-refractivity contribution in [2.45, 2.75) is 25.2 Å². The molecule has 0 fully saturated rings. The Morgan fingerprint density at radius 1 is 0.462 bits per heavy atom. The zero-order chi connectivity index (χ0) is 43.0. The van der Waals surface area contributed by atoms with E-state index in [0.29, 0.717) is 0 Å². The lowest BCUT2D eigenvalue weighted by molar-refractivity contribution is 0.828. The third kappa shape index (κ3) is 6.27. The summed E-state index contributed by atoms with van der Waals surface area (Å²) < 4.78 is 2.44. The molecule has 0 amide bonds. The van der Waals surface area contributed by atoms with Gasteiger partial charge in [-0.2, -0.15) is 11.4 Å². The number of nitrogens with zero attached hydrogens (tertiary/aromatic N) is 1. The van der Waals surface area contributed by atoms with Crippen LogP contribution in [0.2, 0.25) is 0 Å². The van der Waals surface area contributed by atoms with Crippen LogP contribution < -0.4 is 10.6 Å². The second-order valence-corrected chi connectivity index (χ2v) is 18.8. The van der Waals surface area contributed by atoms with Gasteiger partial charge in [0.05, 0.1) is 10.9 Å². The molecule has 1 nitrogen and oxygen atoms in total. The molecule has 2 aliphatic carbocycles. The molecule has 1 aliphatic heterocycles. The Hall–Kier alpha value is -7.52. The Morgan fingerprint density at radius 3 is 1.94 bits per heavy atom. The summed E-state index contributed by atoms with van der Waals surface area (Å²) in [4.78, 5) is 0. The predicted molar refractivity (Wildman–Crippen MR) is 278 cm³/mol. The Labute approximate surface area is 383 Å². The van der Waals surface area contributed by atoms with Crippen LogP contribution in [0.5, 0.6) is 0 Å². The quantitative estimate of drug-likeness (QED) is 0.120. The fourth-order valence-corrected chi connectivity index (χ4v) is 12.0. The summed E-state index contributed by atoms with van der Waals surface area (Å²) in [7, 11) is 0. The molecular formula is C63H45NS. The lowest BCUT2D eigenvalue weighted by Crippen LogP contribution is -2.29. The van der Waals surface area contributed by atoms with Crippen LogP contribution in [0.3, 0.4) is 0 Å². The standard InChI is InChI=1S/C63H45NS/c1-40-22-31-61-59(34-40)60-39-65-33-32-62(60)64(61)48-16-11-15-44(35-48)45-27-29-53-56(36-45)50-18-7-8-19-51(50)57(53)37-46-14-5-6-17-49(46)47-28-30-55-58(38-47)52-20-9-10-21-54(52)63(55)43-25-23-42(24-26-43)41-12-3-2-4-13-41/h2-36,38-39,57,63,65H,37H2,1H3. The van der Waals surface area contributed by atoms with Crippen molar-refractivity contribution < 1.29 is 0 Å². The number of aryl methyl sites for hydroxylation is 1. The lowest BCUT2D eigenvalue weighted by atomic mass is 9.85. The zero-order valence-corrected chi connectivity index (χ0v) is 37.0. The maximum atomic E-state index is 2.46. The molecule has 3 aliphatic rings. The number of thiol groups is 1. The van der Waals surface area contributed by atoms with Crippen LogP contribution in [0.15, 0.2) is 206 Å². The molecule has 13 rings (SSSR count). The van der Waals surface area contributed by atoms with Crippen molar-refractivity contribution in [2.75, 3.05) is 0 Å². The van der Waals surface area contributed by atoms with Crippen LogP contribution in [-0.4, -0.2) is 9.93 Å². The molecule has 308 valence electrons. The first-order valence-electron chi connectivity index (χ1n) is 22.8. The Balaban J connectivity index is 0.846. The van der Waals surface area contributed by atoms with Gasteiger partial charge in [-0.15, -0.1) is 0 Å². The van der Waals surface area contributed by atoms with E-state index in [4.69, 9.17) is 0 Å². The van der Waals surface area contributed by atoms with Crippen molar-refractivity contribution in [1.82, 2.24) is 4.57 Å². The molecule has 2 unspecified atom stereocenters. The summed E-state index contributed by atoms with van der Waals surface area (Å²) in [6.07, 6.45) is 3.21. The minimum Gasteiger partial charge on any atom is -0.309 e. The van der Waals surface area contributed by atoms with Crippen molar-refractivity contribution in [3.8, 4) is 61.3 Å². The fourth-order valence-electron chi connectivity index (χ4n) is 11.2. The van der Waals surface area contributed by atoms with E-state index in [1.54, 1.807) is 0 Å². The highest BCUT2D eigenvalue weighted by Crippen LogP contribution is 2.51. The van der Waals surface area contributed by atoms with Gasteiger partial charge in [-0.1, -0.05) is 175 Å². The third-order valence-corrected chi connectivity index (χ3v) is 15.0. The average molecular weight is 848 g/mol. The van der Waals surface area contributed by atoms with Crippen LogP contribution >= 0.6 is 11.4 Å². The second kappa shape index (κ2) is 15.3. The molecule has 0 spiro atoms. The van der Waals surface area contributed by atoms with Crippen LogP contribution in [-0.2, 0) is 6.42 Å². The van der Waals surface area contributed by atoms with Gasteiger partial charge >= 0.3 is 0 Å². The molecule has 0 radical (unpaired) electrons. The summed E-state index contributed by atoms with van der Waals surface area (Å²) in [5, 5.41) is 8.49. The van der Waals surface area contributed by atoms with Crippen molar-refractivity contribution in [3.05, 3.63) is 256 Å². The normalized spacial score (nSPS) is 15.2. The van der Waals surface area contributed by atoms with E-state index in [2.05, 4.69) is 235 Å².